The van der Waals surface area contributed by atoms with Crippen LogP contribution in [-0.4, -0.2) is 28.4 Å². The second-order valence-electron chi connectivity index (χ2n) is 7.07. The zero-order valence-corrected chi connectivity index (χ0v) is 17.3. The van der Waals surface area contributed by atoms with Gasteiger partial charge in [0.15, 0.2) is 0 Å². The molecule has 3 rings (SSSR count). The van der Waals surface area contributed by atoms with Gasteiger partial charge in [-0.1, -0.05) is 25.4 Å². The fourth-order valence-corrected chi connectivity index (χ4v) is 6.35. The molecule has 7 heteroatoms. The number of fused-ring (bicyclic) bond motifs is 1. The first-order valence-electron chi connectivity index (χ1n) is 8.01. The molecule has 1 unspecified atom stereocenters. The normalized spacial score (nSPS) is 18.7. The summed E-state index contributed by atoms with van der Waals surface area (Å²) in [6, 6.07) is 8.27. The fraction of sp³-hybridized carbons (Fsp3) is 0.333. The molecular weight excluding hydrogens is 374 g/mol. The third-order valence-corrected chi connectivity index (χ3v) is 8.68. The molecule has 1 atom stereocenters. The monoisotopic (exact) mass is 397 g/mol. The predicted octanol–water partition coefficient (Wildman–Crippen LogP) is 3.95. The number of benzene rings is 1. The van der Waals surface area contributed by atoms with Crippen LogP contribution < -0.4 is 11.3 Å². The number of nitrogens with one attached hydrogen (secondary N) is 1. The number of pyridine rings is 1. The van der Waals surface area contributed by atoms with Crippen LogP contribution >= 0.6 is 33.4 Å². The molecule has 136 valence electrons. The average molecular weight is 398 g/mol. The van der Waals surface area contributed by atoms with Crippen molar-refractivity contribution in [1.29, 1.82) is 0 Å². The number of aliphatic imine (C=N–C) groups is 1. The minimum atomic E-state index is -0.748. The lowest BCUT2D eigenvalue weighted by atomic mass is 9.88. The molecule has 0 fully saturated rings. The van der Waals surface area contributed by atoms with E-state index in [9.17, 15) is 4.79 Å². The number of amidine groups is 1. The molecule has 1 aliphatic rings. The lowest BCUT2D eigenvalue weighted by Crippen LogP contribution is -2.32. The number of halogens is 1. The van der Waals surface area contributed by atoms with E-state index in [-0.39, 0.29) is 21.9 Å². The van der Waals surface area contributed by atoms with Gasteiger partial charge in [-0.25, -0.2) is 15.9 Å². The van der Waals surface area contributed by atoms with Crippen molar-refractivity contribution in [3.8, 4) is 0 Å². The predicted molar refractivity (Wildman–Crippen MR) is 114 cm³/mol. The molecule has 0 radical (unpaired) electrons. The summed E-state index contributed by atoms with van der Waals surface area (Å²) < 4.78 is 0. The standard InChI is InChI=1S/C18H24ClN3OS2/c1-18(2,13-7-11(19)9-21-16(13)23)10-25-15-6-5-12(24(3)4)8-14(15)22-17(25)20/h5-9,24-25H,10H2,1-4H3,(H2,20,22)(H,21,23). The summed E-state index contributed by atoms with van der Waals surface area (Å²) >= 11 is 6.08. The lowest BCUT2D eigenvalue weighted by molar-refractivity contribution is 0.592. The molecule has 0 bridgehead atoms. The Kier molecular flexibility index (Phi) is 4.97. The number of nitrogens with zero attached hydrogens (tertiary/aromatic N) is 1. The first kappa shape index (κ1) is 18.4. The molecule has 25 heavy (non-hydrogen) atoms. The van der Waals surface area contributed by atoms with Gasteiger partial charge in [0.25, 0.3) is 5.56 Å². The third-order valence-electron chi connectivity index (χ3n) is 4.43. The molecule has 1 aromatic heterocycles. The van der Waals surface area contributed by atoms with Crippen molar-refractivity contribution in [2.45, 2.75) is 29.1 Å². The minimum Gasteiger partial charge on any atom is -0.379 e. The van der Waals surface area contributed by atoms with E-state index in [1.807, 2.05) is 0 Å². The molecule has 0 amide bonds. The molecule has 0 saturated heterocycles. The summed E-state index contributed by atoms with van der Waals surface area (Å²) in [5.41, 5.74) is 7.51. The topological polar surface area (TPSA) is 71.2 Å². The van der Waals surface area contributed by atoms with Gasteiger partial charge < -0.3 is 10.7 Å². The summed E-state index contributed by atoms with van der Waals surface area (Å²) in [4.78, 5) is 22.1. The van der Waals surface area contributed by atoms with E-state index >= 15 is 0 Å². The first-order chi connectivity index (χ1) is 11.7. The number of H-pyrrole nitrogens is 1. The SMILES string of the molecule is C[SH](C)c1ccc2c(c1)N=C(N)[SH]2CC(C)(C)c1cc(Cl)c[nH]c1=O. The van der Waals surface area contributed by atoms with E-state index in [1.165, 1.54) is 16.0 Å². The van der Waals surface area contributed by atoms with E-state index in [0.717, 1.165) is 11.4 Å². The van der Waals surface area contributed by atoms with Gasteiger partial charge in [0.1, 0.15) is 5.17 Å². The molecule has 1 aliphatic heterocycles. The number of aromatic nitrogens is 1. The summed E-state index contributed by atoms with van der Waals surface area (Å²) in [6.45, 7) is 4.13. The summed E-state index contributed by atoms with van der Waals surface area (Å²) in [5.74, 6) is 0.764. The first-order valence-corrected chi connectivity index (χ1v) is 12.1. The largest absolute Gasteiger partial charge is 0.379 e. The highest BCUT2D eigenvalue weighted by atomic mass is 35.5. The van der Waals surface area contributed by atoms with Gasteiger partial charge in [-0.3, -0.25) is 4.79 Å². The highest BCUT2D eigenvalue weighted by molar-refractivity contribution is 8.30. The Hall–Kier alpha value is -1.37. The van der Waals surface area contributed by atoms with E-state index < -0.39 is 10.9 Å². The quantitative estimate of drug-likeness (QED) is 0.590. The number of hydrogen-bond donors (Lipinski definition) is 4. The van der Waals surface area contributed by atoms with Crippen molar-refractivity contribution in [1.82, 2.24) is 4.98 Å². The third kappa shape index (κ3) is 3.61. The summed E-state index contributed by atoms with van der Waals surface area (Å²) in [6.07, 6.45) is 5.98. The summed E-state index contributed by atoms with van der Waals surface area (Å²) in [5, 5.41) is 1.22. The lowest BCUT2D eigenvalue weighted by Gasteiger charge is -2.30. The van der Waals surface area contributed by atoms with Crippen LogP contribution in [-0.2, 0) is 5.41 Å². The van der Waals surface area contributed by atoms with Crippen molar-refractivity contribution in [3.05, 3.63) is 51.4 Å². The van der Waals surface area contributed by atoms with Gasteiger partial charge in [-0.2, -0.15) is 10.9 Å². The molecule has 0 saturated carbocycles. The Morgan fingerprint density at radius 3 is 2.72 bits per heavy atom. The number of aromatic amines is 1. The van der Waals surface area contributed by atoms with Crippen molar-refractivity contribution in [2.75, 3.05) is 18.3 Å². The molecule has 2 aromatic rings. The second-order valence-corrected chi connectivity index (χ2v) is 11.9. The van der Waals surface area contributed by atoms with Crippen LogP contribution in [0, 0.1) is 0 Å². The number of nitrogens with two attached hydrogens (primary N) is 1. The van der Waals surface area contributed by atoms with Gasteiger partial charge in [-0.05, 0) is 47.4 Å². The molecule has 3 N–H and O–H groups in total. The van der Waals surface area contributed by atoms with Crippen molar-refractivity contribution >= 4 is 44.2 Å². The van der Waals surface area contributed by atoms with Crippen LogP contribution in [0.3, 0.4) is 0 Å². The van der Waals surface area contributed by atoms with Crippen molar-refractivity contribution in [2.24, 2.45) is 10.7 Å². The number of hydrogen-bond acceptors (Lipinski definition) is 3. The number of thiol groups is 2. The van der Waals surface area contributed by atoms with Gasteiger partial charge in [0.05, 0.1) is 10.7 Å². The van der Waals surface area contributed by atoms with Gasteiger partial charge in [0.2, 0.25) is 0 Å². The Morgan fingerprint density at radius 1 is 1.32 bits per heavy atom. The van der Waals surface area contributed by atoms with Crippen LogP contribution in [0.15, 0.2) is 50.0 Å². The Balaban J connectivity index is 1.95. The zero-order valence-electron chi connectivity index (χ0n) is 14.8. The summed E-state index contributed by atoms with van der Waals surface area (Å²) in [7, 11) is -0.913. The second kappa shape index (κ2) is 6.74. The van der Waals surface area contributed by atoms with E-state index in [2.05, 4.69) is 54.5 Å². The minimum absolute atomic E-state index is 0.0997. The van der Waals surface area contributed by atoms with Gasteiger partial charge in [0, 0.05) is 22.1 Å². The van der Waals surface area contributed by atoms with E-state index in [4.69, 9.17) is 17.3 Å². The highest BCUT2D eigenvalue weighted by Crippen LogP contribution is 2.52. The van der Waals surface area contributed by atoms with Crippen LogP contribution in [0.2, 0.25) is 5.02 Å². The van der Waals surface area contributed by atoms with Crippen molar-refractivity contribution in [3.63, 3.8) is 0 Å². The maximum atomic E-state index is 12.3. The van der Waals surface area contributed by atoms with E-state index in [1.54, 1.807) is 6.07 Å². The van der Waals surface area contributed by atoms with E-state index in [0.29, 0.717) is 15.8 Å². The van der Waals surface area contributed by atoms with Crippen LogP contribution in [0.1, 0.15) is 19.4 Å². The molecule has 1 aromatic carbocycles. The molecular formula is C18H24ClN3OS2. The average Bonchev–Trinajstić information content (AvgIpc) is 2.84. The molecule has 0 aliphatic carbocycles. The van der Waals surface area contributed by atoms with Crippen LogP contribution in [0.4, 0.5) is 5.69 Å². The van der Waals surface area contributed by atoms with Crippen LogP contribution in [0.25, 0.3) is 0 Å². The molecule has 0 spiro atoms. The Morgan fingerprint density at radius 2 is 2.04 bits per heavy atom. The highest BCUT2D eigenvalue weighted by Gasteiger charge is 2.32. The number of rotatable bonds is 4. The smallest absolute Gasteiger partial charge is 0.251 e. The molecule has 4 nitrogen and oxygen atoms in total. The van der Waals surface area contributed by atoms with Gasteiger partial charge in [-0.15, -0.1) is 0 Å². The Labute approximate surface area is 158 Å². The van der Waals surface area contributed by atoms with Crippen molar-refractivity contribution < 1.29 is 0 Å². The van der Waals surface area contributed by atoms with Crippen LogP contribution in [0.5, 0.6) is 0 Å². The zero-order chi connectivity index (χ0) is 18.4. The fourth-order valence-electron chi connectivity index (χ4n) is 3.02. The molecule has 2 heterocycles. The Bertz CT molecular complexity index is 905. The maximum absolute atomic E-state index is 12.3. The maximum Gasteiger partial charge on any atom is 0.251 e. The van der Waals surface area contributed by atoms with Gasteiger partial charge >= 0.3 is 0 Å².